The summed E-state index contributed by atoms with van der Waals surface area (Å²) >= 11 is 0. The summed E-state index contributed by atoms with van der Waals surface area (Å²) in [5.41, 5.74) is 0.282. The molecule has 0 aliphatic carbocycles. The molecule has 0 bridgehead atoms. The minimum Gasteiger partial charge on any atom is -0.314 e. The van der Waals surface area contributed by atoms with Crippen molar-refractivity contribution in [2.45, 2.75) is 12.6 Å². The van der Waals surface area contributed by atoms with Gasteiger partial charge in [0.1, 0.15) is 5.82 Å². The Morgan fingerprint density at radius 1 is 1.59 bits per heavy atom. The quantitative estimate of drug-likeness (QED) is 0.632. The van der Waals surface area contributed by atoms with Crippen LogP contribution >= 0.6 is 0 Å². The van der Waals surface area contributed by atoms with Gasteiger partial charge in [-0.2, -0.15) is 0 Å². The topological polar surface area (TPSA) is 58.4 Å². The van der Waals surface area contributed by atoms with Crippen molar-refractivity contribution < 1.29 is 9.31 Å². The molecule has 0 aromatic heterocycles. The summed E-state index contributed by atoms with van der Waals surface area (Å²) < 4.78 is 13.6. The Morgan fingerprint density at radius 3 is 2.76 bits per heavy atom. The third-order valence-electron chi connectivity index (χ3n) is 3.05. The van der Waals surface area contributed by atoms with Crippen LogP contribution < -0.4 is 5.32 Å². The molecule has 0 radical (unpaired) electrons. The van der Waals surface area contributed by atoms with Crippen LogP contribution in [0.2, 0.25) is 0 Å². The first kappa shape index (κ1) is 11.9. The monoisotopic (exact) mass is 239 g/mol. The SMILES string of the molecule is CN(Cc1ccc([N+](=O)[O-])cc1F)C1CNC1. The first-order valence-corrected chi connectivity index (χ1v) is 5.41. The highest BCUT2D eigenvalue weighted by molar-refractivity contribution is 5.34. The molecule has 1 heterocycles. The van der Waals surface area contributed by atoms with Crippen molar-refractivity contribution in [2.24, 2.45) is 0 Å². The largest absolute Gasteiger partial charge is 0.314 e. The molecule has 1 aromatic rings. The van der Waals surface area contributed by atoms with E-state index in [0.29, 0.717) is 18.2 Å². The fourth-order valence-electron chi connectivity index (χ4n) is 1.76. The van der Waals surface area contributed by atoms with Crippen molar-refractivity contribution in [3.05, 3.63) is 39.7 Å². The number of nitro benzene ring substituents is 1. The molecule has 1 N–H and O–H groups in total. The molecule has 0 amide bonds. The van der Waals surface area contributed by atoms with Crippen molar-refractivity contribution in [3.63, 3.8) is 0 Å². The molecule has 0 atom stereocenters. The molecule has 6 heteroatoms. The number of hydrogen-bond acceptors (Lipinski definition) is 4. The molecule has 17 heavy (non-hydrogen) atoms. The van der Waals surface area contributed by atoms with Crippen LogP contribution in [0.25, 0.3) is 0 Å². The number of nitro groups is 1. The van der Waals surface area contributed by atoms with Gasteiger partial charge in [0.15, 0.2) is 0 Å². The number of nitrogens with zero attached hydrogens (tertiary/aromatic N) is 2. The Labute approximate surface area is 98.4 Å². The average molecular weight is 239 g/mol. The van der Waals surface area contributed by atoms with Gasteiger partial charge in [0.2, 0.25) is 0 Å². The van der Waals surface area contributed by atoms with E-state index in [9.17, 15) is 14.5 Å². The second-order valence-corrected chi connectivity index (χ2v) is 4.26. The first-order valence-electron chi connectivity index (χ1n) is 5.41. The Morgan fingerprint density at radius 2 is 2.29 bits per heavy atom. The van der Waals surface area contributed by atoms with Gasteiger partial charge < -0.3 is 5.32 Å². The van der Waals surface area contributed by atoms with Crippen molar-refractivity contribution in [1.82, 2.24) is 10.2 Å². The van der Waals surface area contributed by atoms with Crippen LogP contribution in [0.1, 0.15) is 5.56 Å². The van der Waals surface area contributed by atoms with E-state index in [2.05, 4.69) is 5.32 Å². The summed E-state index contributed by atoms with van der Waals surface area (Å²) in [7, 11) is 1.92. The Bertz CT molecular complexity index is 435. The molecule has 0 saturated carbocycles. The highest BCUT2D eigenvalue weighted by Gasteiger charge is 2.22. The first-order chi connectivity index (χ1) is 8.08. The predicted octanol–water partition coefficient (Wildman–Crippen LogP) is 1.14. The number of non-ortho nitro benzene ring substituents is 1. The van der Waals surface area contributed by atoms with Crippen LogP contribution in [-0.4, -0.2) is 36.0 Å². The smallest absolute Gasteiger partial charge is 0.272 e. The lowest BCUT2D eigenvalue weighted by molar-refractivity contribution is -0.385. The molecule has 1 fully saturated rings. The van der Waals surface area contributed by atoms with E-state index in [1.807, 2.05) is 11.9 Å². The maximum absolute atomic E-state index is 13.6. The van der Waals surface area contributed by atoms with E-state index in [4.69, 9.17) is 0 Å². The zero-order valence-corrected chi connectivity index (χ0v) is 9.52. The Balaban J connectivity index is 2.07. The lowest BCUT2D eigenvalue weighted by atomic mass is 10.1. The number of halogens is 1. The molecule has 92 valence electrons. The van der Waals surface area contributed by atoms with Crippen LogP contribution in [0.3, 0.4) is 0 Å². The number of nitrogens with one attached hydrogen (secondary N) is 1. The summed E-state index contributed by atoms with van der Waals surface area (Å²) in [6.45, 7) is 2.28. The lowest BCUT2D eigenvalue weighted by Gasteiger charge is -2.35. The third kappa shape index (κ3) is 2.59. The molecule has 1 aromatic carbocycles. The highest BCUT2D eigenvalue weighted by atomic mass is 19.1. The molecule has 0 spiro atoms. The van der Waals surface area contributed by atoms with E-state index in [1.165, 1.54) is 12.1 Å². The summed E-state index contributed by atoms with van der Waals surface area (Å²) in [6.07, 6.45) is 0. The van der Waals surface area contributed by atoms with Gasteiger partial charge in [-0.05, 0) is 13.1 Å². The zero-order valence-electron chi connectivity index (χ0n) is 9.52. The number of likely N-dealkylation sites (N-methyl/N-ethyl adjacent to an activating group) is 1. The van der Waals surface area contributed by atoms with Crippen LogP contribution in [-0.2, 0) is 6.54 Å². The maximum atomic E-state index is 13.6. The lowest BCUT2D eigenvalue weighted by Crippen LogP contribution is -2.55. The van der Waals surface area contributed by atoms with Crippen molar-refractivity contribution in [2.75, 3.05) is 20.1 Å². The average Bonchev–Trinajstić information content (AvgIpc) is 2.18. The van der Waals surface area contributed by atoms with Gasteiger partial charge in [-0.3, -0.25) is 15.0 Å². The standard InChI is InChI=1S/C11H14FN3O2/c1-14(10-5-13-6-10)7-8-2-3-9(15(16)17)4-11(8)12/h2-4,10,13H,5-7H2,1H3. The highest BCUT2D eigenvalue weighted by Crippen LogP contribution is 2.18. The van der Waals surface area contributed by atoms with E-state index in [1.54, 1.807) is 0 Å². The van der Waals surface area contributed by atoms with Gasteiger partial charge in [0, 0.05) is 37.3 Å². The third-order valence-corrected chi connectivity index (χ3v) is 3.05. The zero-order chi connectivity index (χ0) is 12.4. The van der Waals surface area contributed by atoms with E-state index in [-0.39, 0.29) is 5.69 Å². The van der Waals surface area contributed by atoms with Crippen LogP contribution in [0, 0.1) is 15.9 Å². The molecular formula is C11H14FN3O2. The number of rotatable bonds is 4. The van der Waals surface area contributed by atoms with Gasteiger partial charge in [-0.15, -0.1) is 0 Å². The van der Waals surface area contributed by atoms with Crippen LogP contribution in [0.15, 0.2) is 18.2 Å². The summed E-state index contributed by atoms with van der Waals surface area (Å²) in [5.74, 6) is -0.515. The molecule has 0 unspecified atom stereocenters. The Kier molecular flexibility index (Phi) is 3.35. The summed E-state index contributed by atoms with van der Waals surface area (Å²) in [6, 6.07) is 4.22. The van der Waals surface area contributed by atoms with Crippen LogP contribution in [0.4, 0.5) is 10.1 Å². The molecule has 1 aliphatic heterocycles. The second kappa shape index (κ2) is 4.77. The second-order valence-electron chi connectivity index (χ2n) is 4.26. The number of hydrogen-bond donors (Lipinski definition) is 1. The number of benzene rings is 1. The van der Waals surface area contributed by atoms with E-state index in [0.717, 1.165) is 19.2 Å². The molecule has 5 nitrogen and oxygen atoms in total. The minimum atomic E-state index is -0.591. The van der Waals surface area contributed by atoms with Crippen molar-refractivity contribution >= 4 is 5.69 Å². The predicted molar refractivity (Wildman–Crippen MR) is 61.2 cm³/mol. The normalized spacial score (nSPS) is 15.9. The van der Waals surface area contributed by atoms with Gasteiger partial charge in [0.05, 0.1) is 11.0 Å². The Hall–Kier alpha value is -1.53. The van der Waals surface area contributed by atoms with Crippen LogP contribution in [0.5, 0.6) is 0 Å². The van der Waals surface area contributed by atoms with E-state index >= 15 is 0 Å². The van der Waals surface area contributed by atoms with Gasteiger partial charge >= 0.3 is 0 Å². The fourth-order valence-corrected chi connectivity index (χ4v) is 1.76. The van der Waals surface area contributed by atoms with Crippen molar-refractivity contribution in [1.29, 1.82) is 0 Å². The van der Waals surface area contributed by atoms with Gasteiger partial charge in [0.25, 0.3) is 5.69 Å². The fraction of sp³-hybridized carbons (Fsp3) is 0.455. The minimum absolute atomic E-state index is 0.209. The van der Waals surface area contributed by atoms with Gasteiger partial charge in [-0.1, -0.05) is 0 Å². The maximum Gasteiger partial charge on any atom is 0.272 e. The summed E-state index contributed by atoms with van der Waals surface area (Å²) in [4.78, 5) is 11.9. The summed E-state index contributed by atoms with van der Waals surface area (Å²) in [5, 5.41) is 13.6. The van der Waals surface area contributed by atoms with Crippen molar-refractivity contribution in [3.8, 4) is 0 Å². The molecule has 1 saturated heterocycles. The van der Waals surface area contributed by atoms with Gasteiger partial charge in [-0.25, -0.2) is 4.39 Å². The van der Waals surface area contributed by atoms with E-state index < -0.39 is 10.7 Å². The molecule has 2 rings (SSSR count). The molecule has 1 aliphatic rings. The molecular weight excluding hydrogens is 225 g/mol.